The Labute approximate surface area is 242 Å². The Morgan fingerprint density at radius 2 is 0.780 bits per heavy atom. The fourth-order valence-electron chi connectivity index (χ4n) is 3.60. The molecule has 0 aliphatic carbocycles. The largest absolute Gasteiger partial charge is 0.465 e. The van der Waals surface area contributed by atoms with Gasteiger partial charge in [0.05, 0.1) is 52.6 Å². The average Bonchev–Trinajstić information content (AvgIpc) is 2.87. The van der Waals surface area contributed by atoms with E-state index in [-0.39, 0.29) is 52.6 Å². The molecule has 0 heterocycles. The van der Waals surface area contributed by atoms with E-state index in [4.69, 9.17) is 23.7 Å². The second kappa shape index (κ2) is 18.6. The minimum atomic E-state index is -1.56. The first-order valence-electron chi connectivity index (χ1n) is 13.7. The summed E-state index contributed by atoms with van der Waals surface area (Å²) in [5.41, 5.74) is -0.844. The minimum Gasteiger partial charge on any atom is -0.465 e. The third-order valence-electron chi connectivity index (χ3n) is 5.32. The van der Waals surface area contributed by atoms with Crippen LogP contribution in [0.3, 0.4) is 0 Å². The second-order valence-electron chi connectivity index (χ2n) is 9.95. The molecule has 0 radical (unpaired) electrons. The van der Waals surface area contributed by atoms with Gasteiger partial charge in [-0.05, 0) is 62.3 Å². The number of carbonyl (C=O) groups excluding carboxylic acids is 5. The highest BCUT2D eigenvalue weighted by Gasteiger charge is 2.46. The van der Waals surface area contributed by atoms with Crippen molar-refractivity contribution in [1.29, 1.82) is 0 Å². The van der Waals surface area contributed by atoms with Gasteiger partial charge in [0.25, 0.3) is 0 Å². The van der Waals surface area contributed by atoms with Gasteiger partial charge in [-0.1, -0.05) is 0 Å². The van der Waals surface area contributed by atoms with Gasteiger partial charge in [0.1, 0.15) is 23.7 Å². The normalized spacial score (nSPS) is 12.0. The highest BCUT2D eigenvalue weighted by atomic mass is 16.6. The molecule has 15 heteroatoms. The van der Waals surface area contributed by atoms with Crippen molar-refractivity contribution in [3.8, 4) is 0 Å². The van der Waals surface area contributed by atoms with E-state index in [1.807, 2.05) is 0 Å². The molecular weight excluding hydrogens is 542 g/mol. The smallest absolute Gasteiger partial charge is 0.320 e. The van der Waals surface area contributed by atoms with Gasteiger partial charge >= 0.3 is 29.8 Å². The van der Waals surface area contributed by atoms with Crippen molar-refractivity contribution in [2.45, 2.75) is 79.5 Å². The van der Waals surface area contributed by atoms with Crippen molar-refractivity contribution in [2.24, 2.45) is 0 Å². The monoisotopic (exact) mass is 591 g/mol. The predicted molar refractivity (Wildman–Crippen MR) is 148 cm³/mol. The van der Waals surface area contributed by atoms with E-state index in [2.05, 4.69) is 21.3 Å². The van der Waals surface area contributed by atoms with E-state index in [0.717, 1.165) is 0 Å². The molecule has 0 aliphatic rings. The summed E-state index contributed by atoms with van der Waals surface area (Å²) >= 11 is 0. The molecule has 0 aliphatic heterocycles. The minimum absolute atomic E-state index is 0.134. The number of hydrogen-bond donors (Lipinski definition) is 4. The standard InChI is InChI=1S/C26H49N5O10/c1-10-37-19(32)14-27-25(8,28-15-20(33)38-11-2)31(18-23(36)41-24(5,6)7)26(9,29-16-21(34)39-12-3)30-17-22(35)40-13-4/h27-30H,10-18H2,1-9H3. The summed E-state index contributed by atoms with van der Waals surface area (Å²) in [6, 6.07) is 0. The number of rotatable bonds is 20. The number of hydrogen-bond acceptors (Lipinski definition) is 15. The Kier molecular flexibility index (Phi) is 17.3. The van der Waals surface area contributed by atoms with Crippen molar-refractivity contribution in [2.75, 3.05) is 59.2 Å². The summed E-state index contributed by atoms with van der Waals surface area (Å²) in [4.78, 5) is 63.9. The molecule has 0 aromatic heterocycles. The third kappa shape index (κ3) is 15.7. The Morgan fingerprint density at radius 1 is 0.512 bits per heavy atom. The molecule has 0 bridgehead atoms. The van der Waals surface area contributed by atoms with Crippen LogP contribution < -0.4 is 21.3 Å². The quantitative estimate of drug-likeness (QED) is 0.0813. The molecule has 0 atom stereocenters. The molecule has 0 saturated heterocycles. The molecule has 0 fully saturated rings. The van der Waals surface area contributed by atoms with Crippen LogP contribution in [-0.2, 0) is 47.7 Å². The van der Waals surface area contributed by atoms with Crippen LogP contribution in [0.1, 0.15) is 62.3 Å². The van der Waals surface area contributed by atoms with Gasteiger partial charge in [0.15, 0.2) is 0 Å². The lowest BCUT2D eigenvalue weighted by Gasteiger charge is -2.51. The molecule has 41 heavy (non-hydrogen) atoms. The Hall–Kier alpha value is -2.85. The van der Waals surface area contributed by atoms with Crippen molar-refractivity contribution in [3.63, 3.8) is 0 Å². The van der Waals surface area contributed by atoms with E-state index in [1.165, 1.54) is 4.90 Å². The van der Waals surface area contributed by atoms with Crippen LogP contribution in [0.15, 0.2) is 0 Å². The number of nitrogens with zero attached hydrogens (tertiary/aromatic N) is 1. The molecule has 0 aromatic carbocycles. The maximum atomic E-state index is 13.2. The molecular formula is C26H49N5O10. The molecule has 4 N–H and O–H groups in total. The lowest BCUT2D eigenvalue weighted by molar-refractivity contribution is -0.167. The zero-order valence-electron chi connectivity index (χ0n) is 25.9. The molecule has 0 rings (SSSR count). The Morgan fingerprint density at radius 3 is 1.00 bits per heavy atom. The van der Waals surface area contributed by atoms with Gasteiger partial charge < -0.3 is 23.7 Å². The zero-order chi connectivity index (χ0) is 31.7. The van der Waals surface area contributed by atoms with Crippen LogP contribution in [0.2, 0.25) is 0 Å². The van der Waals surface area contributed by atoms with Crippen LogP contribution in [0, 0.1) is 0 Å². The molecule has 0 unspecified atom stereocenters. The summed E-state index contributed by atoms with van der Waals surface area (Å²) in [6.45, 7) is 13.6. The Bertz CT molecular complexity index is 764. The highest BCUT2D eigenvalue weighted by Crippen LogP contribution is 2.20. The second-order valence-corrected chi connectivity index (χ2v) is 9.95. The number of carbonyl (C=O) groups is 5. The first-order valence-corrected chi connectivity index (χ1v) is 13.7. The van der Waals surface area contributed by atoms with Gasteiger partial charge in [-0.3, -0.25) is 45.2 Å². The fraction of sp³-hybridized carbons (Fsp3) is 0.808. The molecule has 0 saturated carbocycles. The van der Waals surface area contributed by atoms with Crippen molar-refractivity contribution in [1.82, 2.24) is 26.2 Å². The van der Waals surface area contributed by atoms with Gasteiger partial charge in [-0.15, -0.1) is 0 Å². The van der Waals surface area contributed by atoms with Crippen molar-refractivity contribution < 1.29 is 47.7 Å². The summed E-state index contributed by atoms with van der Waals surface area (Å²) in [7, 11) is 0. The van der Waals surface area contributed by atoms with Crippen LogP contribution in [0.5, 0.6) is 0 Å². The maximum Gasteiger partial charge on any atom is 0.320 e. The van der Waals surface area contributed by atoms with Crippen molar-refractivity contribution in [3.05, 3.63) is 0 Å². The summed E-state index contributed by atoms with van der Waals surface area (Å²) < 4.78 is 25.7. The van der Waals surface area contributed by atoms with E-state index in [1.54, 1.807) is 62.3 Å². The molecule has 0 amide bonds. The lowest BCUT2D eigenvalue weighted by atomic mass is 10.1. The molecule has 0 aromatic rings. The first kappa shape index (κ1) is 38.1. The molecule has 238 valence electrons. The molecule has 15 nitrogen and oxygen atoms in total. The summed E-state index contributed by atoms with van der Waals surface area (Å²) in [5.74, 6) is -6.21. The molecule has 0 spiro atoms. The van der Waals surface area contributed by atoms with Crippen LogP contribution >= 0.6 is 0 Å². The zero-order valence-corrected chi connectivity index (χ0v) is 25.9. The SMILES string of the molecule is CCOC(=O)CNC(C)(NCC(=O)OCC)N(CC(=O)OC(C)(C)C)C(C)(NCC(=O)OCC)NCC(=O)OCC. The lowest BCUT2D eigenvalue weighted by Crippen LogP contribution is -2.80. The summed E-state index contributed by atoms with van der Waals surface area (Å²) in [5, 5.41) is 12.0. The topological polar surface area (TPSA) is 183 Å². The van der Waals surface area contributed by atoms with E-state index in [9.17, 15) is 24.0 Å². The maximum absolute atomic E-state index is 13.2. The third-order valence-corrected chi connectivity index (χ3v) is 5.32. The predicted octanol–water partition coefficient (Wildman–Crippen LogP) is -0.412. The first-order chi connectivity index (χ1) is 19.1. The van der Waals surface area contributed by atoms with E-state index < -0.39 is 53.6 Å². The number of ether oxygens (including phenoxy) is 5. The Balaban J connectivity index is 6.76. The van der Waals surface area contributed by atoms with Crippen molar-refractivity contribution >= 4 is 29.8 Å². The van der Waals surface area contributed by atoms with Gasteiger partial charge in [0.2, 0.25) is 0 Å². The number of nitrogens with one attached hydrogen (secondary N) is 4. The summed E-state index contributed by atoms with van der Waals surface area (Å²) in [6.07, 6.45) is 0. The fourth-order valence-corrected chi connectivity index (χ4v) is 3.60. The highest BCUT2D eigenvalue weighted by molar-refractivity contribution is 5.74. The van der Waals surface area contributed by atoms with E-state index >= 15 is 0 Å². The van der Waals surface area contributed by atoms with Gasteiger partial charge in [-0.2, -0.15) is 0 Å². The van der Waals surface area contributed by atoms with Gasteiger partial charge in [0, 0.05) is 0 Å². The number of esters is 5. The van der Waals surface area contributed by atoms with Gasteiger partial charge in [-0.25, -0.2) is 4.90 Å². The van der Waals surface area contributed by atoms with Crippen LogP contribution in [0.4, 0.5) is 0 Å². The van der Waals surface area contributed by atoms with E-state index in [0.29, 0.717) is 0 Å². The van der Waals surface area contributed by atoms with Crippen LogP contribution in [-0.4, -0.2) is 111 Å². The average molecular weight is 592 g/mol. The van der Waals surface area contributed by atoms with Crippen LogP contribution in [0.25, 0.3) is 0 Å².